The molecule has 4 nitrogen and oxygen atoms in total. The van der Waals surface area contributed by atoms with Crippen molar-refractivity contribution in [3.05, 3.63) is 36.2 Å². The Balaban J connectivity index is 1.95. The predicted molar refractivity (Wildman–Crippen MR) is 68.4 cm³/mol. The van der Waals surface area contributed by atoms with Crippen molar-refractivity contribution in [3.8, 4) is 16.9 Å². The van der Waals surface area contributed by atoms with E-state index in [1.54, 1.807) is 18.3 Å². The molecule has 2 aromatic rings. The summed E-state index contributed by atoms with van der Waals surface area (Å²) in [5.41, 5.74) is 1.96. The molecular formula is C14H16N2O2. The van der Waals surface area contributed by atoms with Crippen molar-refractivity contribution < 1.29 is 9.63 Å². The average Bonchev–Trinajstić information content (AvgIpc) is 2.89. The second-order valence-electron chi connectivity index (χ2n) is 4.68. The Labute approximate surface area is 106 Å². The quantitative estimate of drug-likeness (QED) is 0.852. The van der Waals surface area contributed by atoms with E-state index in [1.807, 2.05) is 12.1 Å². The predicted octanol–water partition coefficient (Wildman–Crippen LogP) is 2.51. The Morgan fingerprint density at radius 1 is 1.28 bits per heavy atom. The van der Waals surface area contributed by atoms with Gasteiger partial charge in [-0.05, 0) is 43.6 Å². The van der Waals surface area contributed by atoms with Crippen LogP contribution in [0.5, 0.6) is 5.75 Å². The molecule has 0 bridgehead atoms. The van der Waals surface area contributed by atoms with Gasteiger partial charge in [0.1, 0.15) is 11.5 Å². The van der Waals surface area contributed by atoms with Crippen LogP contribution in [0.4, 0.5) is 0 Å². The van der Waals surface area contributed by atoms with E-state index in [9.17, 15) is 5.11 Å². The lowest BCUT2D eigenvalue weighted by molar-refractivity contribution is 0.328. The number of nitrogens with one attached hydrogen (secondary N) is 1. The molecule has 1 aliphatic heterocycles. The van der Waals surface area contributed by atoms with Crippen molar-refractivity contribution in [2.45, 2.75) is 18.8 Å². The van der Waals surface area contributed by atoms with Gasteiger partial charge in [0.05, 0.1) is 6.20 Å². The van der Waals surface area contributed by atoms with Gasteiger partial charge < -0.3 is 14.9 Å². The molecular weight excluding hydrogens is 228 g/mol. The minimum atomic E-state index is 0.268. The van der Waals surface area contributed by atoms with E-state index in [2.05, 4.69) is 10.5 Å². The first-order chi connectivity index (χ1) is 8.84. The summed E-state index contributed by atoms with van der Waals surface area (Å²) in [6, 6.07) is 7.22. The van der Waals surface area contributed by atoms with Gasteiger partial charge in [0.15, 0.2) is 0 Å². The molecule has 1 aromatic heterocycles. The summed E-state index contributed by atoms with van der Waals surface area (Å²) in [4.78, 5) is 0. The van der Waals surface area contributed by atoms with Gasteiger partial charge in [-0.3, -0.25) is 0 Å². The van der Waals surface area contributed by atoms with Gasteiger partial charge in [0.2, 0.25) is 0 Å². The highest BCUT2D eigenvalue weighted by atomic mass is 16.5. The SMILES string of the molecule is Oc1cccc(-c2cnoc2C2CCNCC2)c1. The number of rotatable bonds is 2. The third-order valence-corrected chi connectivity index (χ3v) is 3.47. The smallest absolute Gasteiger partial charge is 0.147 e. The molecule has 0 saturated carbocycles. The molecule has 4 heteroatoms. The summed E-state index contributed by atoms with van der Waals surface area (Å²) in [5.74, 6) is 1.64. The van der Waals surface area contributed by atoms with Gasteiger partial charge in [0.25, 0.3) is 0 Å². The van der Waals surface area contributed by atoms with Crippen LogP contribution in [0.15, 0.2) is 35.0 Å². The maximum atomic E-state index is 9.55. The third-order valence-electron chi connectivity index (χ3n) is 3.47. The number of piperidine rings is 1. The molecule has 0 aliphatic carbocycles. The molecule has 1 aliphatic rings. The molecule has 0 unspecified atom stereocenters. The molecule has 2 N–H and O–H groups in total. The Morgan fingerprint density at radius 2 is 2.11 bits per heavy atom. The fourth-order valence-electron chi connectivity index (χ4n) is 2.52. The van der Waals surface area contributed by atoms with Crippen molar-refractivity contribution in [1.29, 1.82) is 0 Å². The van der Waals surface area contributed by atoms with E-state index in [1.165, 1.54) is 0 Å². The second-order valence-corrected chi connectivity index (χ2v) is 4.68. The number of phenols is 1. The molecule has 1 fully saturated rings. The largest absolute Gasteiger partial charge is 0.508 e. The fraction of sp³-hybridized carbons (Fsp3) is 0.357. The molecule has 0 amide bonds. The van der Waals surface area contributed by atoms with Crippen LogP contribution in [0.3, 0.4) is 0 Å². The number of aromatic nitrogens is 1. The van der Waals surface area contributed by atoms with Crippen LogP contribution in [-0.2, 0) is 0 Å². The minimum Gasteiger partial charge on any atom is -0.508 e. The number of benzene rings is 1. The average molecular weight is 244 g/mol. The molecule has 1 saturated heterocycles. The Morgan fingerprint density at radius 3 is 2.89 bits per heavy atom. The number of hydrogen-bond donors (Lipinski definition) is 2. The monoisotopic (exact) mass is 244 g/mol. The molecule has 0 spiro atoms. The first-order valence-corrected chi connectivity index (χ1v) is 6.29. The molecule has 3 rings (SSSR count). The van der Waals surface area contributed by atoms with E-state index in [-0.39, 0.29) is 5.75 Å². The lowest BCUT2D eigenvalue weighted by Gasteiger charge is -2.21. The molecule has 94 valence electrons. The minimum absolute atomic E-state index is 0.268. The van der Waals surface area contributed by atoms with Crippen molar-refractivity contribution in [2.24, 2.45) is 0 Å². The Kier molecular flexibility index (Phi) is 3.02. The van der Waals surface area contributed by atoms with E-state index in [0.717, 1.165) is 42.8 Å². The topological polar surface area (TPSA) is 58.3 Å². The Bertz CT molecular complexity index is 530. The third kappa shape index (κ3) is 2.11. The van der Waals surface area contributed by atoms with Gasteiger partial charge in [0, 0.05) is 11.5 Å². The van der Waals surface area contributed by atoms with Crippen LogP contribution >= 0.6 is 0 Å². The zero-order chi connectivity index (χ0) is 12.4. The van der Waals surface area contributed by atoms with Crippen LogP contribution in [0.1, 0.15) is 24.5 Å². The first-order valence-electron chi connectivity index (χ1n) is 6.29. The zero-order valence-electron chi connectivity index (χ0n) is 10.1. The van der Waals surface area contributed by atoms with E-state index >= 15 is 0 Å². The number of nitrogens with zero attached hydrogens (tertiary/aromatic N) is 1. The van der Waals surface area contributed by atoms with Gasteiger partial charge >= 0.3 is 0 Å². The Hall–Kier alpha value is -1.81. The highest BCUT2D eigenvalue weighted by Gasteiger charge is 2.23. The van der Waals surface area contributed by atoms with Crippen molar-refractivity contribution in [3.63, 3.8) is 0 Å². The zero-order valence-corrected chi connectivity index (χ0v) is 10.1. The van der Waals surface area contributed by atoms with E-state index in [0.29, 0.717) is 5.92 Å². The van der Waals surface area contributed by atoms with Crippen molar-refractivity contribution in [2.75, 3.05) is 13.1 Å². The van der Waals surface area contributed by atoms with E-state index < -0.39 is 0 Å². The van der Waals surface area contributed by atoms with Crippen LogP contribution < -0.4 is 5.32 Å². The molecule has 18 heavy (non-hydrogen) atoms. The maximum Gasteiger partial charge on any atom is 0.147 e. The highest BCUT2D eigenvalue weighted by molar-refractivity contribution is 5.66. The maximum absolute atomic E-state index is 9.55. The number of aromatic hydroxyl groups is 1. The molecule has 1 aromatic carbocycles. The summed E-state index contributed by atoms with van der Waals surface area (Å²) >= 11 is 0. The van der Waals surface area contributed by atoms with Gasteiger partial charge in [-0.1, -0.05) is 17.3 Å². The van der Waals surface area contributed by atoms with Crippen LogP contribution in [0.2, 0.25) is 0 Å². The molecule has 0 atom stereocenters. The lowest BCUT2D eigenvalue weighted by atomic mass is 9.91. The number of hydrogen-bond acceptors (Lipinski definition) is 4. The standard InChI is InChI=1S/C14H16N2O2/c17-12-3-1-2-11(8-12)13-9-16-18-14(13)10-4-6-15-7-5-10/h1-3,8-10,15,17H,4-7H2. The second kappa shape index (κ2) is 4.82. The van der Waals surface area contributed by atoms with Crippen molar-refractivity contribution in [1.82, 2.24) is 10.5 Å². The van der Waals surface area contributed by atoms with Crippen LogP contribution in [0, 0.1) is 0 Å². The summed E-state index contributed by atoms with van der Waals surface area (Å²) in [7, 11) is 0. The highest BCUT2D eigenvalue weighted by Crippen LogP contribution is 2.34. The summed E-state index contributed by atoms with van der Waals surface area (Å²) in [5, 5.41) is 16.8. The van der Waals surface area contributed by atoms with Crippen molar-refractivity contribution >= 4 is 0 Å². The van der Waals surface area contributed by atoms with Crippen LogP contribution in [0.25, 0.3) is 11.1 Å². The molecule has 2 heterocycles. The normalized spacial score (nSPS) is 16.9. The first kappa shape index (κ1) is 11.3. The fourth-order valence-corrected chi connectivity index (χ4v) is 2.52. The summed E-state index contributed by atoms with van der Waals surface area (Å²) in [6.45, 7) is 2.04. The van der Waals surface area contributed by atoms with E-state index in [4.69, 9.17) is 4.52 Å². The molecule has 0 radical (unpaired) electrons. The number of phenolic OH excluding ortho intramolecular Hbond substituents is 1. The summed E-state index contributed by atoms with van der Waals surface area (Å²) < 4.78 is 5.44. The van der Waals surface area contributed by atoms with Crippen LogP contribution in [-0.4, -0.2) is 23.4 Å². The summed E-state index contributed by atoms with van der Waals surface area (Å²) in [6.07, 6.45) is 3.88. The van der Waals surface area contributed by atoms with Gasteiger partial charge in [-0.2, -0.15) is 0 Å². The van der Waals surface area contributed by atoms with Gasteiger partial charge in [-0.15, -0.1) is 0 Å². The lowest BCUT2D eigenvalue weighted by Crippen LogP contribution is -2.26. The van der Waals surface area contributed by atoms with Gasteiger partial charge in [-0.25, -0.2) is 0 Å².